The van der Waals surface area contributed by atoms with Crippen molar-refractivity contribution in [2.24, 2.45) is 11.8 Å². The molecule has 16 heavy (non-hydrogen) atoms. The van der Waals surface area contributed by atoms with E-state index in [1.165, 1.54) is 5.69 Å². The number of carbonyl (C=O) groups excluding carboxylic acids is 1. The van der Waals surface area contributed by atoms with Crippen molar-refractivity contribution in [3.63, 3.8) is 0 Å². The SMILES string of the molecule is CC(C)n1nc(I)cc1C1C2CCC(=O)C21. The van der Waals surface area contributed by atoms with Crippen molar-refractivity contribution in [2.45, 2.75) is 38.6 Å². The summed E-state index contributed by atoms with van der Waals surface area (Å²) < 4.78 is 3.14. The molecule has 0 spiro atoms. The van der Waals surface area contributed by atoms with Crippen molar-refractivity contribution >= 4 is 28.4 Å². The monoisotopic (exact) mass is 330 g/mol. The molecule has 1 aromatic rings. The third-order valence-corrected chi connectivity index (χ3v) is 4.36. The Bertz CT molecular complexity index is 452. The van der Waals surface area contributed by atoms with Crippen LogP contribution >= 0.6 is 22.6 Å². The molecule has 0 amide bonds. The normalized spacial score (nSPS) is 32.2. The van der Waals surface area contributed by atoms with E-state index in [1.807, 2.05) is 0 Å². The smallest absolute Gasteiger partial charge is 0.136 e. The molecule has 2 aliphatic rings. The summed E-state index contributed by atoms with van der Waals surface area (Å²) in [6.07, 6.45) is 1.90. The highest BCUT2D eigenvalue weighted by Gasteiger charge is 2.59. The van der Waals surface area contributed by atoms with Crippen LogP contribution in [-0.2, 0) is 4.79 Å². The summed E-state index contributed by atoms with van der Waals surface area (Å²) in [7, 11) is 0. The number of halogens is 1. The molecule has 0 N–H and O–H groups in total. The highest BCUT2D eigenvalue weighted by Crippen LogP contribution is 2.61. The molecule has 3 nitrogen and oxygen atoms in total. The summed E-state index contributed by atoms with van der Waals surface area (Å²) in [6, 6.07) is 2.53. The van der Waals surface area contributed by atoms with Crippen LogP contribution in [0.5, 0.6) is 0 Å². The zero-order valence-corrected chi connectivity index (χ0v) is 11.6. The Labute approximate surface area is 109 Å². The quantitative estimate of drug-likeness (QED) is 0.782. The van der Waals surface area contributed by atoms with Crippen LogP contribution in [0.15, 0.2) is 6.07 Å². The van der Waals surface area contributed by atoms with Gasteiger partial charge in [-0.2, -0.15) is 5.10 Å². The number of hydrogen-bond acceptors (Lipinski definition) is 2. The molecule has 3 atom stereocenters. The van der Waals surface area contributed by atoms with E-state index in [-0.39, 0.29) is 0 Å². The van der Waals surface area contributed by atoms with E-state index < -0.39 is 0 Å². The Balaban J connectivity index is 1.94. The summed E-state index contributed by atoms with van der Waals surface area (Å²) in [5.41, 5.74) is 1.28. The van der Waals surface area contributed by atoms with Gasteiger partial charge in [0.1, 0.15) is 9.48 Å². The first-order chi connectivity index (χ1) is 7.59. The highest BCUT2D eigenvalue weighted by molar-refractivity contribution is 14.1. The summed E-state index contributed by atoms with van der Waals surface area (Å²) in [5.74, 6) is 1.89. The first-order valence-corrected chi connectivity index (χ1v) is 6.95. The van der Waals surface area contributed by atoms with Gasteiger partial charge in [-0.15, -0.1) is 0 Å². The van der Waals surface area contributed by atoms with Gasteiger partial charge >= 0.3 is 0 Å². The molecule has 0 radical (unpaired) electrons. The molecule has 2 aliphatic carbocycles. The van der Waals surface area contributed by atoms with Crippen molar-refractivity contribution < 1.29 is 4.79 Å². The number of nitrogens with zero attached hydrogens (tertiary/aromatic N) is 2. The van der Waals surface area contributed by atoms with Crippen LogP contribution < -0.4 is 0 Å². The first kappa shape index (κ1) is 10.7. The van der Waals surface area contributed by atoms with Crippen LogP contribution in [0.1, 0.15) is 44.3 Å². The number of carbonyl (C=O) groups is 1. The summed E-state index contributed by atoms with van der Waals surface area (Å²) >= 11 is 2.25. The molecule has 4 heteroatoms. The van der Waals surface area contributed by atoms with Gasteiger partial charge in [-0.3, -0.25) is 9.48 Å². The molecule has 0 aromatic carbocycles. The third-order valence-electron chi connectivity index (χ3n) is 3.83. The van der Waals surface area contributed by atoms with Crippen molar-refractivity contribution in [1.82, 2.24) is 9.78 Å². The maximum absolute atomic E-state index is 11.7. The fourth-order valence-corrected chi connectivity index (χ4v) is 3.64. The molecule has 2 fully saturated rings. The maximum atomic E-state index is 11.7. The van der Waals surface area contributed by atoms with E-state index in [2.05, 4.69) is 52.3 Å². The van der Waals surface area contributed by atoms with E-state index in [1.54, 1.807) is 0 Å². The van der Waals surface area contributed by atoms with Crippen molar-refractivity contribution in [2.75, 3.05) is 0 Å². The van der Waals surface area contributed by atoms with Crippen molar-refractivity contribution in [3.05, 3.63) is 15.5 Å². The van der Waals surface area contributed by atoms with Gasteiger partial charge in [0, 0.05) is 30.0 Å². The van der Waals surface area contributed by atoms with E-state index in [0.717, 1.165) is 16.5 Å². The predicted octanol–water partition coefficient (Wildman–Crippen LogP) is 2.76. The average molecular weight is 330 g/mol. The Morgan fingerprint density at radius 2 is 2.25 bits per heavy atom. The van der Waals surface area contributed by atoms with Gasteiger partial charge in [0.15, 0.2) is 0 Å². The second kappa shape index (κ2) is 3.55. The molecule has 0 bridgehead atoms. The lowest BCUT2D eigenvalue weighted by Crippen LogP contribution is -2.09. The van der Waals surface area contributed by atoms with Gasteiger partial charge in [0.05, 0.1) is 0 Å². The Hall–Kier alpha value is -0.390. The fraction of sp³-hybridized carbons (Fsp3) is 0.667. The number of fused-ring (bicyclic) bond motifs is 1. The van der Waals surface area contributed by atoms with Crippen LogP contribution in [0.3, 0.4) is 0 Å². The van der Waals surface area contributed by atoms with Crippen LogP contribution in [0, 0.1) is 15.5 Å². The van der Waals surface area contributed by atoms with E-state index in [9.17, 15) is 4.79 Å². The molecular formula is C12H15IN2O. The van der Waals surface area contributed by atoms with Gasteiger partial charge in [0.25, 0.3) is 0 Å². The van der Waals surface area contributed by atoms with Gasteiger partial charge in [-0.1, -0.05) is 0 Å². The Morgan fingerprint density at radius 1 is 1.50 bits per heavy atom. The number of hydrogen-bond donors (Lipinski definition) is 0. The molecule has 1 heterocycles. The molecule has 3 rings (SSSR count). The molecule has 3 unspecified atom stereocenters. The minimum absolute atomic E-state index is 0.324. The van der Waals surface area contributed by atoms with Crippen LogP contribution in [0.2, 0.25) is 0 Å². The van der Waals surface area contributed by atoms with Crippen molar-refractivity contribution in [1.29, 1.82) is 0 Å². The molecular weight excluding hydrogens is 315 g/mol. The topological polar surface area (TPSA) is 34.9 Å². The predicted molar refractivity (Wildman–Crippen MR) is 69.3 cm³/mol. The standard InChI is InChI=1S/C12H15IN2O/c1-6(2)15-8(5-10(13)14-15)11-7-3-4-9(16)12(7)11/h5-7,11-12H,3-4H2,1-2H3. The fourth-order valence-electron chi connectivity index (χ4n) is 3.09. The number of Topliss-reactive ketones (excluding diaryl/α,β-unsaturated/α-hetero) is 1. The third kappa shape index (κ3) is 1.45. The second-order valence-corrected chi connectivity index (χ2v) is 6.26. The largest absolute Gasteiger partial charge is 0.299 e. The molecule has 0 saturated heterocycles. The minimum Gasteiger partial charge on any atom is -0.299 e. The molecule has 0 aliphatic heterocycles. The van der Waals surface area contributed by atoms with E-state index in [4.69, 9.17) is 0 Å². The zero-order chi connectivity index (χ0) is 11.4. The molecule has 2 saturated carbocycles. The second-order valence-electron chi connectivity index (χ2n) is 5.15. The van der Waals surface area contributed by atoms with Crippen LogP contribution in [0.4, 0.5) is 0 Å². The summed E-state index contributed by atoms with van der Waals surface area (Å²) in [5, 5.41) is 4.52. The van der Waals surface area contributed by atoms with Gasteiger partial charge in [0.2, 0.25) is 0 Å². The average Bonchev–Trinajstić information content (AvgIpc) is 2.61. The number of aromatic nitrogens is 2. The lowest BCUT2D eigenvalue weighted by atomic mass is 10.1. The van der Waals surface area contributed by atoms with E-state index in [0.29, 0.717) is 29.6 Å². The minimum atomic E-state index is 0.324. The van der Waals surface area contributed by atoms with Gasteiger partial charge in [-0.25, -0.2) is 0 Å². The summed E-state index contributed by atoms with van der Waals surface area (Å²) in [4.78, 5) is 11.7. The molecule has 86 valence electrons. The zero-order valence-electron chi connectivity index (χ0n) is 9.48. The van der Waals surface area contributed by atoms with Crippen molar-refractivity contribution in [3.8, 4) is 0 Å². The molecule has 1 aromatic heterocycles. The summed E-state index contributed by atoms with van der Waals surface area (Å²) in [6.45, 7) is 4.29. The van der Waals surface area contributed by atoms with Crippen LogP contribution in [0.25, 0.3) is 0 Å². The highest BCUT2D eigenvalue weighted by atomic mass is 127. The van der Waals surface area contributed by atoms with Gasteiger partial charge < -0.3 is 0 Å². The van der Waals surface area contributed by atoms with E-state index >= 15 is 0 Å². The number of rotatable bonds is 2. The van der Waals surface area contributed by atoms with Crippen LogP contribution in [-0.4, -0.2) is 15.6 Å². The Kier molecular flexibility index (Phi) is 2.38. The maximum Gasteiger partial charge on any atom is 0.136 e. The number of ketones is 1. The Morgan fingerprint density at radius 3 is 2.81 bits per heavy atom. The lowest BCUT2D eigenvalue weighted by Gasteiger charge is -2.11. The van der Waals surface area contributed by atoms with Gasteiger partial charge in [-0.05, 0) is 54.8 Å². The lowest BCUT2D eigenvalue weighted by molar-refractivity contribution is -0.119. The first-order valence-electron chi connectivity index (χ1n) is 5.87.